The first-order valence-electron chi connectivity index (χ1n) is 5.04. The predicted octanol–water partition coefficient (Wildman–Crippen LogP) is 1.50. The second kappa shape index (κ2) is 6.55. The fourth-order valence-electron chi connectivity index (χ4n) is 1.08. The molecule has 88 valence electrons. The first-order chi connectivity index (χ1) is 6.89. The molecule has 0 aliphatic rings. The van der Waals surface area contributed by atoms with Gasteiger partial charge in [0.2, 0.25) is 0 Å². The quantitative estimate of drug-likeness (QED) is 0.223. The molecule has 0 saturated heterocycles. The highest BCUT2D eigenvalue weighted by molar-refractivity contribution is 5.86. The molecule has 0 unspecified atom stereocenters. The van der Waals surface area contributed by atoms with E-state index in [0.717, 1.165) is 0 Å². The van der Waals surface area contributed by atoms with Crippen LogP contribution in [-0.4, -0.2) is 40.9 Å². The number of hydroxylamine groups is 4. The van der Waals surface area contributed by atoms with Crippen molar-refractivity contribution in [2.24, 2.45) is 0 Å². The summed E-state index contributed by atoms with van der Waals surface area (Å²) in [6.45, 7) is 7.46. The van der Waals surface area contributed by atoms with Crippen molar-refractivity contribution in [3.63, 3.8) is 0 Å². The minimum atomic E-state index is -1.01. The zero-order chi connectivity index (χ0) is 11.9. The van der Waals surface area contributed by atoms with E-state index in [1.54, 1.807) is 6.92 Å². The Hall–Kier alpha value is -0.910. The fourth-order valence-corrected chi connectivity index (χ4v) is 1.08. The Labute approximate surface area is 90.1 Å². The van der Waals surface area contributed by atoms with Gasteiger partial charge in [-0.05, 0) is 18.2 Å². The van der Waals surface area contributed by atoms with Crippen LogP contribution in [0.4, 0.5) is 0 Å². The van der Waals surface area contributed by atoms with Crippen LogP contribution in [0.1, 0.15) is 26.7 Å². The molecule has 5 nitrogen and oxygen atoms in total. The smallest absolute Gasteiger partial charge is 0.333 e. The lowest BCUT2D eigenvalue weighted by Gasteiger charge is -2.20. The van der Waals surface area contributed by atoms with Crippen molar-refractivity contribution in [2.45, 2.75) is 26.7 Å². The highest BCUT2D eigenvalue weighted by Crippen LogP contribution is 2.01. The number of nitrogens with zero attached hydrogens (tertiary/aromatic N) is 1. The van der Waals surface area contributed by atoms with Gasteiger partial charge in [-0.3, -0.25) is 0 Å². The summed E-state index contributed by atoms with van der Waals surface area (Å²) in [5.74, 6) is -0.445. The van der Waals surface area contributed by atoms with Crippen molar-refractivity contribution in [3.05, 3.63) is 12.2 Å². The van der Waals surface area contributed by atoms with Gasteiger partial charge in [0.05, 0.1) is 6.61 Å². The summed E-state index contributed by atoms with van der Waals surface area (Å²) in [6.07, 6.45) is 1.09. The van der Waals surface area contributed by atoms with Crippen molar-refractivity contribution in [1.82, 2.24) is 0 Å². The first kappa shape index (κ1) is 14.1. The fraction of sp³-hybridized carbons (Fsp3) is 0.700. The lowest BCUT2D eigenvalue weighted by molar-refractivity contribution is -1.24. The van der Waals surface area contributed by atoms with E-state index in [2.05, 4.69) is 6.58 Å². The first-order valence-corrected chi connectivity index (χ1v) is 5.04. The Bertz CT molecular complexity index is 225. The van der Waals surface area contributed by atoms with E-state index in [-0.39, 0.29) is 19.7 Å². The standard InChI is InChI=1S/C10H20NO4/c1-4-6-11(13,14)7-5-8-15-10(12)9(2)3/h13-14H,2,4-8H2,1,3H3/q+1. The van der Waals surface area contributed by atoms with E-state index >= 15 is 0 Å². The number of hydrogen-bond donors (Lipinski definition) is 2. The van der Waals surface area contributed by atoms with Crippen LogP contribution in [0, 0.1) is 0 Å². The Morgan fingerprint density at radius 1 is 1.40 bits per heavy atom. The third-order valence-corrected chi connectivity index (χ3v) is 1.82. The molecule has 0 heterocycles. The van der Waals surface area contributed by atoms with Crippen molar-refractivity contribution < 1.29 is 24.8 Å². The minimum absolute atomic E-state index is 0.150. The van der Waals surface area contributed by atoms with Crippen LogP contribution in [0.5, 0.6) is 0 Å². The van der Waals surface area contributed by atoms with Crippen LogP contribution in [0.2, 0.25) is 0 Å². The van der Waals surface area contributed by atoms with Gasteiger partial charge in [-0.25, -0.2) is 4.79 Å². The average molecular weight is 218 g/mol. The molecule has 15 heavy (non-hydrogen) atoms. The van der Waals surface area contributed by atoms with E-state index in [1.165, 1.54) is 0 Å². The molecule has 0 radical (unpaired) electrons. The Morgan fingerprint density at radius 2 is 2.00 bits per heavy atom. The Morgan fingerprint density at radius 3 is 2.47 bits per heavy atom. The maximum absolute atomic E-state index is 10.9. The molecule has 0 aromatic heterocycles. The largest absolute Gasteiger partial charge is 0.462 e. The Kier molecular flexibility index (Phi) is 6.15. The van der Waals surface area contributed by atoms with Gasteiger partial charge in [-0.15, -0.1) is 0 Å². The molecule has 5 heteroatoms. The van der Waals surface area contributed by atoms with Crippen LogP contribution < -0.4 is 0 Å². The molecule has 0 atom stereocenters. The Balaban J connectivity index is 3.62. The molecule has 0 aliphatic heterocycles. The van der Waals surface area contributed by atoms with Crippen molar-refractivity contribution in [1.29, 1.82) is 0 Å². The summed E-state index contributed by atoms with van der Waals surface area (Å²) in [5, 5.41) is 18.6. The lowest BCUT2D eigenvalue weighted by atomic mass is 10.3. The number of carbonyl (C=O) groups excluding carboxylic acids is 1. The van der Waals surface area contributed by atoms with Gasteiger partial charge in [0.15, 0.2) is 0 Å². The zero-order valence-electron chi connectivity index (χ0n) is 9.40. The molecule has 0 bridgehead atoms. The molecular formula is C10H20NO4+. The SMILES string of the molecule is C=C(C)C(=O)OCCC[N+](O)(O)CCC. The maximum atomic E-state index is 10.9. The molecule has 2 N–H and O–H groups in total. The van der Waals surface area contributed by atoms with Crippen molar-refractivity contribution >= 4 is 5.97 Å². The highest BCUT2D eigenvalue weighted by atomic mass is 16.8. The summed E-state index contributed by atoms with van der Waals surface area (Å²) in [6, 6.07) is 0. The van der Waals surface area contributed by atoms with E-state index < -0.39 is 10.8 Å². The molecule has 0 rings (SSSR count). The summed E-state index contributed by atoms with van der Waals surface area (Å²) < 4.78 is 4.81. The van der Waals surface area contributed by atoms with E-state index in [4.69, 9.17) is 4.74 Å². The van der Waals surface area contributed by atoms with Crippen molar-refractivity contribution in [2.75, 3.05) is 19.7 Å². The van der Waals surface area contributed by atoms with Crippen LogP contribution in [0.15, 0.2) is 12.2 Å². The predicted molar refractivity (Wildman–Crippen MR) is 54.2 cm³/mol. The molecule has 0 saturated carbocycles. The number of carbonyl (C=O) groups is 1. The van der Waals surface area contributed by atoms with Gasteiger partial charge in [0.1, 0.15) is 13.1 Å². The van der Waals surface area contributed by atoms with Crippen molar-refractivity contribution in [3.8, 4) is 0 Å². The molecule has 0 spiro atoms. The van der Waals surface area contributed by atoms with Crippen LogP contribution >= 0.6 is 0 Å². The second-order valence-electron chi connectivity index (χ2n) is 3.60. The molecule has 0 aromatic rings. The zero-order valence-corrected chi connectivity index (χ0v) is 9.40. The van der Waals surface area contributed by atoms with E-state index in [1.807, 2.05) is 6.92 Å². The van der Waals surface area contributed by atoms with Gasteiger partial charge in [-0.1, -0.05) is 13.5 Å². The summed E-state index contributed by atoms with van der Waals surface area (Å²) in [7, 11) is 0. The van der Waals surface area contributed by atoms with Crippen LogP contribution in [0.3, 0.4) is 0 Å². The number of ether oxygens (including phenoxy) is 1. The summed E-state index contributed by atoms with van der Waals surface area (Å²) >= 11 is 0. The molecule has 0 fully saturated rings. The third-order valence-electron chi connectivity index (χ3n) is 1.82. The summed E-state index contributed by atoms with van der Waals surface area (Å²) in [4.78, 5) is 9.93. The van der Waals surface area contributed by atoms with Crippen LogP contribution in [-0.2, 0) is 9.53 Å². The number of hydrogen-bond acceptors (Lipinski definition) is 4. The average Bonchev–Trinajstić information content (AvgIpc) is 2.11. The maximum Gasteiger partial charge on any atom is 0.333 e. The summed E-state index contributed by atoms with van der Waals surface area (Å²) in [5.41, 5.74) is 0.345. The van der Waals surface area contributed by atoms with Gasteiger partial charge < -0.3 is 4.74 Å². The van der Waals surface area contributed by atoms with Gasteiger partial charge in [0.25, 0.3) is 0 Å². The van der Waals surface area contributed by atoms with E-state index in [0.29, 0.717) is 18.4 Å². The number of rotatable bonds is 7. The van der Waals surface area contributed by atoms with Gasteiger partial charge >= 0.3 is 5.97 Å². The normalized spacial score (nSPS) is 11.2. The lowest BCUT2D eigenvalue weighted by Crippen LogP contribution is -2.43. The topological polar surface area (TPSA) is 66.8 Å². The van der Waals surface area contributed by atoms with Gasteiger partial charge in [0, 0.05) is 12.0 Å². The van der Waals surface area contributed by atoms with Gasteiger partial charge in [-0.2, -0.15) is 10.4 Å². The molecule has 0 amide bonds. The number of esters is 1. The van der Waals surface area contributed by atoms with Crippen LogP contribution in [0.25, 0.3) is 0 Å². The molecular weight excluding hydrogens is 198 g/mol. The molecule has 0 aliphatic carbocycles. The number of quaternary nitrogens is 1. The second-order valence-corrected chi connectivity index (χ2v) is 3.60. The monoisotopic (exact) mass is 218 g/mol. The third kappa shape index (κ3) is 7.07. The molecule has 0 aromatic carbocycles. The van der Waals surface area contributed by atoms with E-state index in [9.17, 15) is 15.2 Å². The minimum Gasteiger partial charge on any atom is -0.462 e. The highest BCUT2D eigenvalue weighted by Gasteiger charge is 2.20.